The van der Waals surface area contributed by atoms with Crippen LogP contribution in [-0.2, 0) is 14.0 Å². The lowest BCUT2D eigenvalue weighted by Crippen LogP contribution is -2.41. The van der Waals surface area contributed by atoms with Gasteiger partial charge in [0.1, 0.15) is 0 Å². The number of methoxy groups -OCH3 is 1. The molecule has 2 aliphatic rings. The van der Waals surface area contributed by atoms with Crippen molar-refractivity contribution in [1.82, 2.24) is 0 Å². The molecule has 1 aliphatic heterocycles. The summed E-state index contributed by atoms with van der Waals surface area (Å²) in [7, 11) is 1.61. The largest absolute Gasteiger partial charge is 0.490 e. The Bertz CT molecular complexity index is 360. The zero-order valence-corrected chi connectivity index (χ0v) is 13.2. The molecule has 0 aromatic heterocycles. The van der Waals surface area contributed by atoms with Gasteiger partial charge >= 0.3 is 7.12 Å². The molecule has 4 heteroatoms. The topological polar surface area (TPSA) is 27.7 Å². The Kier molecular flexibility index (Phi) is 3.89. The maximum Gasteiger partial charge on any atom is 0.490 e. The van der Waals surface area contributed by atoms with Crippen LogP contribution in [0.2, 0.25) is 0 Å². The van der Waals surface area contributed by atoms with Gasteiger partial charge in [-0.1, -0.05) is 13.0 Å². The molecule has 2 rings (SSSR count). The van der Waals surface area contributed by atoms with E-state index in [0.29, 0.717) is 0 Å². The highest BCUT2D eigenvalue weighted by atomic mass is 16.7. The van der Waals surface area contributed by atoms with Crippen LogP contribution in [0.1, 0.15) is 53.9 Å². The van der Waals surface area contributed by atoms with E-state index in [1.807, 2.05) is 0 Å². The van der Waals surface area contributed by atoms with Crippen LogP contribution in [0.15, 0.2) is 11.5 Å². The molecule has 1 saturated heterocycles. The first-order chi connectivity index (χ1) is 8.69. The van der Waals surface area contributed by atoms with E-state index in [2.05, 4.69) is 40.7 Å². The smallest absolute Gasteiger partial charge is 0.400 e. The van der Waals surface area contributed by atoms with Gasteiger partial charge in [0.05, 0.1) is 17.8 Å². The molecule has 1 atom stereocenters. The fraction of sp³-hybridized carbons (Fsp3) is 0.867. The number of hydrogen-bond acceptors (Lipinski definition) is 3. The summed E-state index contributed by atoms with van der Waals surface area (Å²) in [6, 6.07) is 0. The van der Waals surface area contributed by atoms with E-state index in [0.717, 1.165) is 25.9 Å². The van der Waals surface area contributed by atoms with Crippen molar-refractivity contribution in [2.45, 2.75) is 65.1 Å². The van der Waals surface area contributed by atoms with Gasteiger partial charge in [-0.3, -0.25) is 0 Å². The Morgan fingerprint density at radius 2 is 1.74 bits per heavy atom. The van der Waals surface area contributed by atoms with Crippen molar-refractivity contribution in [3.8, 4) is 0 Å². The van der Waals surface area contributed by atoms with Crippen LogP contribution in [0.5, 0.6) is 0 Å². The summed E-state index contributed by atoms with van der Waals surface area (Å²) in [6.45, 7) is 11.5. The SMILES string of the molecule is COCC1(C)CC=C(B2OC(C)(C)C(C)(C)O2)CC1. The van der Waals surface area contributed by atoms with Crippen LogP contribution in [0.3, 0.4) is 0 Å². The van der Waals surface area contributed by atoms with Crippen LogP contribution in [-0.4, -0.2) is 32.0 Å². The van der Waals surface area contributed by atoms with E-state index < -0.39 is 0 Å². The minimum Gasteiger partial charge on any atom is -0.400 e. The number of ether oxygens (including phenoxy) is 1. The summed E-state index contributed by atoms with van der Waals surface area (Å²) in [4.78, 5) is 0. The van der Waals surface area contributed by atoms with E-state index >= 15 is 0 Å². The van der Waals surface area contributed by atoms with Gasteiger partial charge in [-0.15, -0.1) is 0 Å². The highest BCUT2D eigenvalue weighted by molar-refractivity contribution is 6.54. The lowest BCUT2D eigenvalue weighted by atomic mass is 9.66. The first-order valence-electron chi connectivity index (χ1n) is 7.23. The maximum atomic E-state index is 6.11. The van der Waals surface area contributed by atoms with E-state index in [1.54, 1.807) is 7.11 Å². The van der Waals surface area contributed by atoms with E-state index in [-0.39, 0.29) is 23.7 Å². The zero-order chi connectivity index (χ0) is 14.3. The van der Waals surface area contributed by atoms with Crippen LogP contribution >= 0.6 is 0 Å². The first kappa shape index (κ1) is 15.1. The molecule has 0 radical (unpaired) electrons. The van der Waals surface area contributed by atoms with Crippen molar-refractivity contribution in [3.05, 3.63) is 11.5 Å². The standard InChI is InChI=1S/C15H27BO3/c1-13(2)14(3,4)19-16(18-13)12-7-9-15(5,10-8-12)11-17-6/h7H,8-11H2,1-6H3. The minimum absolute atomic E-state index is 0.169. The predicted molar refractivity (Wildman–Crippen MR) is 78.0 cm³/mol. The van der Waals surface area contributed by atoms with Crippen LogP contribution in [0.25, 0.3) is 0 Å². The molecule has 3 nitrogen and oxygen atoms in total. The molecule has 108 valence electrons. The van der Waals surface area contributed by atoms with E-state index in [4.69, 9.17) is 14.0 Å². The molecule has 0 saturated carbocycles. The molecule has 1 aliphatic carbocycles. The van der Waals surface area contributed by atoms with Crippen molar-refractivity contribution in [2.75, 3.05) is 13.7 Å². The predicted octanol–water partition coefficient (Wildman–Crippen LogP) is 3.38. The molecular weight excluding hydrogens is 239 g/mol. The second-order valence-corrected chi connectivity index (χ2v) is 7.32. The van der Waals surface area contributed by atoms with Crippen LogP contribution < -0.4 is 0 Å². The number of allylic oxidation sites excluding steroid dienone is 2. The van der Waals surface area contributed by atoms with Crippen molar-refractivity contribution in [3.63, 3.8) is 0 Å². The number of hydrogen-bond donors (Lipinski definition) is 0. The second kappa shape index (κ2) is 4.90. The normalized spacial score (nSPS) is 33.4. The Morgan fingerprint density at radius 1 is 1.16 bits per heavy atom. The summed E-state index contributed by atoms with van der Waals surface area (Å²) < 4.78 is 17.5. The van der Waals surface area contributed by atoms with Crippen LogP contribution in [0, 0.1) is 5.41 Å². The molecule has 1 unspecified atom stereocenters. The van der Waals surface area contributed by atoms with Crippen molar-refractivity contribution >= 4 is 7.12 Å². The van der Waals surface area contributed by atoms with E-state index in [9.17, 15) is 0 Å². The summed E-state index contributed by atoms with van der Waals surface area (Å²) >= 11 is 0. The van der Waals surface area contributed by atoms with Gasteiger partial charge < -0.3 is 14.0 Å². The Morgan fingerprint density at radius 3 is 2.16 bits per heavy atom. The fourth-order valence-electron chi connectivity index (χ4n) is 2.72. The highest BCUT2D eigenvalue weighted by Gasteiger charge is 2.52. The zero-order valence-electron chi connectivity index (χ0n) is 13.2. The lowest BCUT2D eigenvalue weighted by Gasteiger charge is -2.32. The van der Waals surface area contributed by atoms with Crippen LogP contribution in [0.4, 0.5) is 0 Å². The number of rotatable bonds is 3. The quantitative estimate of drug-likeness (QED) is 0.733. The third-order valence-corrected chi connectivity index (χ3v) is 4.92. The third-order valence-electron chi connectivity index (χ3n) is 4.92. The van der Waals surface area contributed by atoms with Gasteiger partial charge in [-0.05, 0) is 57.8 Å². The Balaban J connectivity index is 2.05. The molecule has 0 spiro atoms. The second-order valence-electron chi connectivity index (χ2n) is 7.32. The molecule has 0 bridgehead atoms. The molecule has 0 amide bonds. The van der Waals surface area contributed by atoms with Gasteiger partial charge in [-0.2, -0.15) is 0 Å². The summed E-state index contributed by atoms with van der Waals surface area (Å²) in [5.74, 6) is 0. The van der Waals surface area contributed by atoms with Gasteiger partial charge in [0.2, 0.25) is 0 Å². The molecule has 1 heterocycles. The van der Waals surface area contributed by atoms with Crippen molar-refractivity contribution in [2.24, 2.45) is 5.41 Å². The fourth-order valence-corrected chi connectivity index (χ4v) is 2.72. The van der Waals surface area contributed by atoms with Crippen molar-refractivity contribution < 1.29 is 14.0 Å². The lowest BCUT2D eigenvalue weighted by molar-refractivity contribution is 0.00578. The monoisotopic (exact) mass is 266 g/mol. The van der Waals surface area contributed by atoms with Gasteiger partial charge in [0.25, 0.3) is 0 Å². The molecule has 19 heavy (non-hydrogen) atoms. The summed E-state index contributed by atoms with van der Waals surface area (Å²) in [5.41, 5.74) is 1.08. The highest BCUT2D eigenvalue weighted by Crippen LogP contribution is 2.42. The van der Waals surface area contributed by atoms with E-state index in [1.165, 1.54) is 5.47 Å². The van der Waals surface area contributed by atoms with Crippen molar-refractivity contribution in [1.29, 1.82) is 0 Å². The molecule has 0 N–H and O–H groups in total. The average Bonchev–Trinajstić information content (AvgIpc) is 2.49. The molecule has 1 fully saturated rings. The van der Waals surface area contributed by atoms with Gasteiger partial charge in [0.15, 0.2) is 0 Å². The molecular formula is C15H27BO3. The average molecular weight is 266 g/mol. The Labute approximate surface area is 117 Å². The van der Waals surface area contributed by atoms with Gasteiger partial charge in [0, 0.05) is 7.11 Å². The summed E-state index contributed by atoms with van der Waals surface area (Å²) in [6.07, 6.45) is 5.51. The minimum atomic E-state index is -0.244. The Hall–Kier alpha value is -0.315. The molecule has 0 aromatic carbocycles. The maximum absolute atomic E-state index is 6.11. The third kappa shape index (κ3) is 2.91. The molecule has 0 aromatic rings. The summed E-state index contributed by atoms with van der Waals surface area (Å²) in [5, 5.41) is 0. The van der Waals surface area contributed by atoms with Gasteiger partial charge in [-0.25, -0.2) is 0 Å². The first-order valence-corrected chi connectivity index (χ1v) is 7.23.